The minimum absolute atomic E-state index is 0.294. The number of benzene rings is 1. The van der Waals surface area contributed by atoms with E-state index in [4.69, 9.17) is 11.6 Å². The minimum Gasteiger partial charge on any atom is -0.341 e. The molecule has 2 aromatic rings. The second-order valence-corrected chi connectivity index (χ2v) is 7.40. The van der Waals surface area contributed by atoms with E-state index >= 15 is 0 Å². The zero-order valence-corrected chi connectivity index (χ0v) is 14.4. The number of halogens is 1. The molecule has 1 aliphatic carbocycles. The van der Waals surface area contributed by atoms with Gasteiger partial charge in [0.1, 0.15) is 0 Å². The molecule has 0 N–H and O–H groups in total. The van der Waals surface area contributed by atoms with E-state index in [2.05, 4.69) is 16.0 Å². The van der Waals surface area contributed by atoms with Gasteiger partial charge in [-0.25, -0.2) is 0 Å². The Morgan fingerprint density at radius 1 is 1.21 bits per heavy atom. The van der Waals surface area contributed by atoms with Crippen LogP contribution >= 0.6 is 11.6 Å². The van der Waals surface area contributed by atoms with Crippen molar-refractivity contribution in [2.24, 2.45) is 0 Å². The molecular weight excluding hydrogens is 320 g/mol. The SMILES string of the molecule is O=C(N1CCC(c2cccnc2)C1)C1(c2ccc(Cl)cc2)CCC1. The van der Waals surface area contributed by atoms with Crippen LogP contribution in [-0.2, 0) is 10.2 Å². The zero-order chi connectivity index (χ0) is 16.6. The summed E-state index contributed by atoms with van der Waals surface area (Å²) in [6, 6.07) is 11.9. The number of amides is 1. The van der Waals surface area contributed by atoms with Gasteiger partial charge in [-0.3, -0.25) is 9.78 Å². The smallest absolute Gasteiger partial charge is 0.233 e. The molecule has 0 radical (unpaired) electrons. The predicted molar refractivity (Wildman–Crippen MR) is 95.2 cm³/mol. The van der Waals surface area contributed by atoms with Gasteiger partial charge in [0.15, 0.2) is 0 Å². The van der Waals surface area contributed by atoms with Gasteiger partial charge in [-0.15, -0.1) is 0 Å². The second-order valence-electron chi connectivity index (χ2n) is 6.97. The van der Waals surface area contributed by atoms with Crippen LogP contribution in [0.25, 0.3) is 0 Å². The first kappa shape index (κ1) is 15.6. The van der Waals surface area contributed by atoms with E-state index in [-0.39, 0.29) is 5.41 Å². The molecule has 124 valence electrons. The molecular formula is C20H21ClN2O. The van der Waals surface area contributed by atoms with E-state index in [0.29, 0.717) is 11.8 Å². The maximum absolute atomic E-state index is 13.3. The fraction of sp³-hybridized carbons (Fsp3) is 0.400. The average molecular weight is 341 g/mol. The molecule has 4 rings (SSSR count). The maximum Gasteiger partial charge on any atom is 0.233 e. The zero-order valence-electron chi connectivity index (χ0n) is 13.6. The molecule has 0 bridgehead atoms. The number of carbonyl (C=O) groups is 1. The number of likely N-dealkylation sites (tertiary alicyclic amines) is 1. The monoisotopic (exact) mass is 340 g/mol. The number of rotatable bonds is 3. The Labute approximate surface area is 147 Å². The number of aromatic nitrogens is 1. The highest BCUT2D eigenvalue weighted by molar-refractivity contribution is 6.30. The van der Waals surface area contributed by atoms with Gasteiger partial charge >= 0.3 is 0 Å². The summed E-state index contributed by atoms with van der Waals surface area (Å²) in [6.45, 7) is 1.65. The van der Waals surface area contributed by atoms with E-state index in [1.54, 1.807) is 6.20 Å². The van der Waals surface area contributed by atoms with Crippen LogP contribution < -0.4 is 0 Å². The first-order valence-electron chi connectivity index (χ1n) is 8.64. The topological polar surface area (TPSA) is 33.2 Å². The lowest BCUT2D eigenvalue weighted by Crippen LogP contribution is -2.50. The van der Waals surface area contributed by atoms with Crippen molar-refractivity contribution in [1.82, 2.24) is 9.88 Å². The van der Waals surface area contributed by atoms with E-state index < -0.39 is 0 Å². The molecule has 2 fully saturated rings. The quantitative estimate of drug-likeness (QED) is 0.840. The summed E-state index contributed by atoms with van der Waals surface area (Å²) in [5, 5.41) is 0.721. The Morgan fingerprint density at radius 2 is 2.00 bits per heavy atom. The van der Waals surface area contributed by atoms with E-state index in [1.807, 2.05) is 36.5 Å². The van der Waals surface area contributed by atoms with Crippen LogP contribution in [0.3, 0.4) is 0 Å². The molecule has 0 spiro atoms. The van der Waals surface area contributed by atoms with Crippen molar-refractivity contribution < 1.29 is 4.79 Å². The molecule has 1 unspecified atom stereocenters. The second kappa shape index (κ2) is 6.21. The van der Waals surface area contributed by atoms with Gasteiger partial charge in [-0.05, 0) is 48.6 Å². The molecule has 1 aliphatic heterocycles. The van der Waals surface area contributed by atoms with Gasteiger partial charge in [0.2, 0.25) is 5.91 Å². The van der Waals surface area contributed by atoms with E-state index in [9.17, 15) is 4.79 Å². The first-order valence-corrected chi connectivity index (χ1v) is 9.02. The Kier molecular flexibility index (Phi) is 4.05. The van der Waals surface area contributed by atoms with Crippen LogP contribution in [0, 0.1) is 0 Å². The van der Waals surface area contributed by atoms with Crippen molar-refractivity contribution in [2.45, 2.75) is 37.0 Å². The highest BCUT2D eigenvalue weighted by atomic mass is 35.5. The molecule has 2 heterocycles. The van der Waals surface area contributed by atoms with E-state index in [1.165, 1.54) is 5.56 Å². The van der Waals surface area contributed by atoms with Crippen LogP contribution in [-0.4, -0.2) is 28.9 Å². The Hall–Kier alpha value is -1.87. The molecule has 1 saturated carbocycles. The van der Waals surface area contributed by atoms with Crippen LogP contribution in [0.15, 0.2) is 48.8 Å². The highest BCUT2D eigenvalue weighted by Crippen LogP contribution is 2.46. The van der Waals surface area contributed by atoms with Crippen LogP contribution in [0.1, 0.15) is 42.7 Å². The van der Waals surface area contributed by atoms with Crippen LogP contribution in [0.4, 0.5) is 0 Å². The minimum atomic E-state index is -0.325. The molecule has 1 atom stereocenters. The molecule has 1 aromatic carbocycles. The van der Waals surface area contributed by atoms with Crippen molar-refractivity contribution in [2.75, 3.05) is 13.1 Å². The summed E-state index contributed by atoms with van der Waals surface area (Å²) >= 11 is 6.02. The van der Waals surface area contributed by atoms with E-state index in [0.717, 1.165) is 49.4 Å². The molecule has 1 aromatic heterocycles. The normalized spacial score (nSPS) is 22.2. The standard InChI is InChI=1S/C20H21ClN2O/c21-18-6-4-17(5-7-18)20(9-2-10-20)19(24)23-12-8-16(14-23)15-3-1-11-22-13-15/h1,3-7,11,13,16H,2,8-10,12,14H2. The van der Waals surface area contributed by atoms with Gasteiger partial charge in [-0.1, -0.05) is 36.2 Å². The van der Waals surface area contributed by atoms with Crippen molar-refractivity contribution in [3.63, 3.8) is 0 Å². The number of pyridine rings is 1. The fourth-order valence-corrected chi connectivity index (χ4v) is 4.19. The predicted octanol–water partition coefficient (Wildman–Crippen LogP) is 4.17. The van der Waals surface area contributed by atoms with Crippen LogP contribution in [0.2, 0.25) is 5.02 Å². The molecule has 2 aliphatic rings. The number of nitrogens with zero attached hydrogens (tertiary/aromatic N) is 2. The molecule has 24 heavy (non-hydrogen) atoms. The third-order valence-electron chi connectivity index (χ3n) is 5.64. The maximum atomic E-state index is 13.3. The van der Waals surface area contributed by atoms with Crippen molar-refractivity contribution in [3.8, 4) is 0 Å². The number of hydrogen-bond donors (Lipinski definition) is 0. The van der Waals surface area contributed by atoms with Gasteiger partial charge in [0, 0.05) is 36.4 Å². The summed E-state index contributed by atoms with van der Waals surface area (Å²) in [6.07, 6.45) is 7.76. The van der Waals surface area contributed by atoms with Crippen molar-refractivity contribution >= 4 is 17.5 Å². The third kappa shape index (κ3) is 2.61. The highest BCUT2D eigenvalue weighted by Gasteiger charge is 2.48. The van der Waals surface area contributed by atoms with Crippen molar-refractivity contribution in [3.05, 3.63) is 64.9 Å². The van der Waals surface area contributed by atoms with Gasteiger partial charge in [0.25, 0.3) is 0 Å². The van der Waals surface area contributed by atoms with Gasteiger partial charge in [-0.2, -0.15) is 0 Å². The summed E-state index contributed by atoms with van der Waals surface area (Å²) < 4.78 is 0. The molecule has 4 heteroatoms. The lowest BCUT2D eigenvalue weighted by atomic mass is 9.63. The first-order chi connectivity index (χ1) is 11.7. The lowest BCUT2D eigenvalue weighted by Gasteiger charge is -2.43. The van der Waals surface area contributed by atoms with Crippen molar-refractivity contribution in [1.29, 1.82) is 0 Å². The fourth-order valence-electron chi connectivity index (χ4n) is 4.06. The van der Waals surface area contributed by atoms with Gasteiger partial charge < -0.3 is 4.90 Å². The largest absolute Gasteiger partial charge is 0.341 e. The Bertz CT molecular complexity index is 725. The summed E-state index contributed by atoms with van der Waals surface area (Å²) in [5.74, 6) is 0.701. The average Bonchev–Trinajstić information content (AvgIpc) is 3.06. The molecule has 1 amide bonds. The molecule has 3 nitrogen and oxygen atoms in total. The molecule has 1 saturated heterocycles. The number of hydrogen-bond acceptors (Lipinski definition) is 2. The van der Waals surface area contributed by atoms with Crippen LogP contribution in [0.5, 0.6) is 0 Å². The summed E-state index contributed by atoms with van der Waals surface area (Å²) in [7, 11) is 0. The third-order valence-corrected chi connectivity index (χ3v) is 5.90. The summed E-state index contributed by atoms with van der Waals surface area (Å²) in [5.41, 5.74) is 2.03. The van der Waals surface area contributed by atoms with Gasteiger partial charge in [0.05, 0.1) is 5.41 Å². The Morgan fingerprint density at radius 3 is 2.62 bits per heavy atom. The Balaban J connectivity index is 1.54. The lowest BCUT2D eigenvalue weighted by molar-refractivity contribution is -0.139. The number of carbonyl (C=O) groups excluding carboxylic acids is 1. The summed E-state index contributed by atoms with van der Waals surface area (Å²) in [4.78, 5) is 19.6.